The normalized spacial score (nSPS) is 25.8. The third-order valence-electron chi connectivity index (χ3n) is 3.55. The van der Waals surface area contributed by atoms with Gasteiger partial charge >= 0.3 is 0 Å². The lowest BCUT2D eigenvalue weighted by molar-refractivity contribution is 0.144. The zero-order valence-corrected chi connectivity index (χ0v) is 10.5. The predicted octanol–water partition coefficient (Wildman–Crippen LogP) is 2.26. The van der Waals surface area contributed by atoms with Crippen LogP contribution in [0, 0.1) is 0 Å². The van der Waals surface area contributed by atoms with E-state index in [-0.39, 0.29) is 18.2 Å². The minimum absolute atomic E-state index is 0.198. The second-order valence-electron chi connectivity index (χ2n) is 4.74. The molecular weight excluding hydrogens is 214 g/mol. The summed E-state index contributed by atoms with van der Waals surface area (Å²) in [6.45, 7) is 2.11. The van der Waals surface area contributed by atoms with Gasteiger partial charge < -0.3 is 15.2 Å². The highest BCUT2D eigenvalue weighted by Crippen LogP contribution is 2.27. The molecule has 0 bridgehead atoms. The molecule has 1 saturated carbocycles. The van der Waals surface area contributed by atoms with Crippen molar-refractivity contribution in [2.24, 2.45) is 0 Å². The number of benzene rings is 1. The minimum atomic E-state index is -0.202. The summed E-state index contributed by atoms with van der Waals surface area (Å²) >= 11 is 0. The van der Waals surface area contributed by atoms with Gasteiger partial charge in [-0.1, -0.05) is 18.2 Å². The Morgan fingerprint density at radius 2 is 2.12 bits per heavy atom. The highest BCUT2D eigenvalue weighted by atomic mass is 16.5. The fourth-order valence-electron chi connectivity index (χ4n) is 2.57. The summed E-state index contributed by atoms with van der Waals surface area (Å²) in [5, 5.41) is 13.3. The minimum Gasteiger partial charge on any atom is -0.496 e. The van der Waals surface area contributed by atoms with Gasteiger partial charge in [-0.15, -0.1) is 0 Å². The van der Waals surface area contributed by atoms with Crippen molar-refractivity contribution in [1.82, 2.24) is 5.32 Å². The molecule has 0 saturated heterocycles. The Balaban J connectivity index is 2.06. The van der Waals surface area contributed by atoms with Gasteiger partial charge in [0.25, 0.3) is 0 Å². The third kappa shape index (κ3) is 2.79. The van der Waals surface area contributed by atoms with E-state index < -0.39 is 0 Å². The average molecular weight is 235 g/mol. The summed E-state index contributed by atoms with van der Waals surface area (Å²) in [6.07, 6.45) is 2.88. The van der Waals surface area contributed by atoms with E-state index in [9.17, 15) is 5.11 Å². The largest absolute Gasteiger partial charge is 0.496 e. The molecule has 0 unspecified atom stereocenters. The van der Waals surface area contributed by atoms with Crippen LogP contribution >= 0.6 is 0 Å². The first kappa shape index (κ1) is 12.4. The maximum atomic E-state index is 9.82. The van der Waals surface area contributed by atoms with Crippen LogP contribution in [0.25, 0.3) is 0 Å². The second kappa shape index (κ2) is 5.52. The summed E-state index contributed by atoms with van der Waals surface area (Å²) in [5.74, 6) is 0.903. The van der Waals surface area contributed by atoms with Crippen molar-refractivity contribution in [3.63, 3.8) is 0 Å². The van der Waals surface area contributed by atoms with Crippen molar-refractivity contribution in [1.29, 1.82) is 0 Å². The maximum Gasteiger partial charge on any atom is 0.123 e. The van der Waals surface area contributed by atoms with E-state index in [1.165, 1.54) is 0 Å². The first-order valence-electron chi connectivity index (χ1n) is 6.29. The van der Waals surface area contributed by atoms with E-state index in [1.807, 2.05) is 18.2 Å². The molecule has 0 heterocycles. The monoisotopic (exact) mass is 235 g/mol. The molecule has 2 N–H and O–H groups in total. The summed E-state index contributed by atoms with van der Waals surface area (Å²) in [4.78, 5) is 0. The number of nitrogens with one attached hydrogen (secondary N) is 1. The highest BCUT2D eigenvalue weighted by molar-refractivity contribution is 5.35. The molecule has 1 fully saturated rings. The van der Waals surface area contributed by atoms with Gasteiger partial charge in [0.1, 0.15) is 5.75 Å². The fraction of sp³-hybridized carbons (Fsp3) is 0.571. The summed E-state index contributed by atoms with van der Waals surface area (Å²) in [7, 11) is 1.69. The highest BCUT2D eigenvalue weighted by Gasteiger charge is 2.26. The zero-order chi connectivity index (χ0) is 12.3. The van der Waals surface area contributed by atoms with Gasteiger partial charge in [0.2, 0.25) is 0 Å². The van der Waals surface area contributed by atoms with Gasteiger partial charge in [0.15, 0.2) is 0 Å². The van der Waals surface area contributed by atoms with Crippen molar-refractivity contribution in [3.05, 3.63) is 29.8 Å². The number of hydrogen-bond acceptors (Lipinski definition) is 3. The molecule has 1 aromatic carbocycles. The second-order valence-corrected chi connectivity index (χ2v) is 4.74. The Labute approximate surface area is 103 Å². The molecule has 0 spiro atoms. The number of hydrogen-bond donors (Lipinski definition) is 2. The van der Waals surface area contributed by atoms with Gasteiger partial charge in [-0.05, 0) is 32.3 Å². The van der Waals surface area contributed by atoms with Crippen molar-refractivity contribution in [3.8, 4) is 5.75 Å². The van der Waals surface area contributed by atoms with Crippen LogP contribution < -0.4 is 10.1 Å². The Morgan fingerprint density at radius 1 is 1.35 bits per heavy atom. The molecule has 3 heteroatoms. The van der Waals surface area contributed by atoms with Crippen molar-refractivity contribution >= 4 is 0 Å². The number of rotatable bonds is 4. The molecule has 1 aliphatic carbocycles. The van der Waals surface area contributed by atoms with Crippen LogP contribution in [-0.2, 0) is 0 Å². The molecule has 17 heavy (non-hydrogen) atoms. The van der Waals surface area contributed by atoms with E-state index in [4.69, 9.17) is 4.74 Å². The van der Waals surface area contributed by atoms with E-state index >= 15 is 0 Å². The maximum absolute atomic E-state index is 9.82. The Kier molecular flexibility index (Phi) is 4.02. The zero-order valence-electron chi connectivity index (χ0n) is 10.5. The van der Waals surface area contributed by atoms with Gasteiger partial charge in [0.05, 0.1) is 13.2 Å². The number of para-hydroxylation sites is 1. The number of ether oxygens (including phenoxy) is 1. The average Bonchev–Trinajstić information content (AvgIpc) is 2.75. The van der Waals surface area contributed by atoms with Crippen LogP contribution in [0.3, 0.4) is 0 Å². The molecular formula is C14H21NO2. The lowest BCUT2D eigenvalue weighted by atomic mass is 10.1. The van der Waals surface area contributed by atoms with Crippen molar-refractivity contribution in [2.75, 3.05) is 7.11 Å². The predicted molar refractivity (Wildman–Crippen MR) is 68.2 cm³/mol. The van der Waals surface area contributed by atoms with Crippen LogP contribution in [-0.4, -0.2) is 24.4 Å². The Morgan fingerprint density at radius 3 is 2.76 bits per heavy atom. The van der Waals surface area contributed by atoms with Gasteiger partial charge in [0, 0.05) is 17.6 Å². The van der Waals surface area contributed by atoms with Crippen LogP contribution in [0.2, 0.25) is 0 Å². The summed E-state index contributed by atoms with van der Waals surface area (Å²) < 4.78 is 5.36. The van der Waals surface area contributed by atoms with Gasteiger partial charge in [-0.25, -0.2) is 0 Å². The lowest BCUT2D eigenvalue weighted by Crippen LogP contribution is -2.37. The van der Waals surface area contributed by atoms with E-state index in [1.54, 1.807) is 7.11 Å². The van der Waals surface area contributed by atoms with Crippen LogP contribution in [0.5, 0.6) is 5.75 Å². The SMILES string of the molecule is COc1ccccc1[C@@H](C)N[C@@H]1CCC[C@H]1O. The molecule has 2 rings (SSSR count). The molecule has 0 aromatic heterocycles. The first-order chi connectivity index (χ1) is 8.22. The number of methoxy groups -OCH3 is 1. The summed E-state index contributed by atoms with van der Waals surface area (Å²) in [5.41, 5.74) is 1.15. The molecule has 3 nitrogen and oxygen atoms in total. The standard InChI is InChI=1S/C14H21NO2/c1-10(15-12-7-5-8-13(12)16)11-6-3-4-9-14(11)17-2/h3-4,6,9-10,12-13,15-16H,5,7-8H2,1-2H3/t10-,12-,13-/m1/s1. The molecule has 0 amide bonds. The Bertz CT molecular complexity index is 367. The van der Waals surface area contributed by atoms with E-state index in [2.05, 4.69) is 18.3 Å². The molecule has 3 atom stereocenters. The third-order valence-corrected chi connectivity index (χ3v) is 3.55. The smallest absolute Gasteiger partial charge is 0.123 e. The molecule has 94 valence electrons. The lowest BCUT2D eigenvalue weighted by Gasteiger charge is -2.23. The Hall–Kier alpha value is -1.06. The first-order valence-corrected chi connectivity index (χ1v) is 6.29. The van der Waals surface area contributed by atoms with Crippen LogP contribution in [0.4, 0.5) is 0 Å². The summed E-state index contributed by atoms with van der Waals surface area (Å²) in [6, 6.07) is 8.44. The fourth-order valence-corrected chi connectivity index (χ4v) is 2.57. The van der Waals surface area contributed by atoms with E-state index in [0.717, 1.165) is 30.6 Å². The molecule has 1 aliphatic rings. The van der Waals surface area contributed by atoms with E-state index in [0.29, 0.717) is 0 Å². The molecule has 0 aliphatic heterocycles. The number of aliphatic hydroxyl groups is 1. The van der Waals surface area contributed by atoms with Crippen LogP contribution in [0.15, 0.2) is 24.3 Å². The van der Waals surface area contributed by atoms with Crippen LogP contribution in [0.1, 0.15) is 37.8 Å². The molecule has 0 radical (unpaired) electrons. The molecule has 1 aromatic rings. The van der Waals surface area contributed by atoms with Gasteiger partial charge in [-0.3, -0.25) is 0 Å². The number of aliphatic hydroxyl groups excluding tert-OH is 1. The van der Waals surface area contributed by atoms with Crippen molar-refractivity contribution in [2.45, 2.75) is 44.4 Å². The van der Waals surface area contributed by atoms with Crippen molar-refractivity contribution < 1.29 is 9.84 Å². The topological polar surface area (TPSA) is 41.5 Å². The quantitative estimate of drug-likeness (QED) is 0.841. The van der Waals surface area contributed by atoms with Gasteiger partial charge in [-0.2, -0.15) is 0 Å².